The van der Waals surface area contributed by atoms with Gasteiger partial charge in [-0.2, -0.15) is 0 Å². The van der Waals surface area contributed by atoms with Gasteiger partial charge < -0.3 is 0 Å². The summed E-state index contributed by atoms with van der Waals surface area (Å²) in [6.45, 7) is 11.1. The number of hydrogen-bond donors (Lipinski definition) is 2. The highest BCUT2D eigenvalue weighted by atomic mass is 15.2. The molecule has 1 heterocycles. The zero-order chi connectivity index (χ0) is 13.1. The van der Waals surface area contributed by atoms with Gasteiger partial charge in [-0.1, -0.05) is 33.8 Å². The van der Waals surface area contributed by atoms with E-state index in [1.807, 2.05) is 12.4 Å². The molecule has 2 unspecified atom stereocenters. The first-order valence-electron chi connectivity index (χ1n) is 6.22. The molecule has 0 aromatic carbocycles. The van der Waals surface area contributed by atoms with Crippen LogP contribution in [0.3, 0.4) is 0 Å². The minimum Gasteiger partial charge on any atom is -0.271 e. The summed E-state index contributed by atoms with van der Waals surface area (Å²) in [4.78, 5) is 4.23. The smallest absolute Gasteiger partial charge is 0.0478 e. The molecule has 0 aliphatic carbocycles. The van der Waals surface area contributed by atoms with E-state index in [2.05, 4.69) is 51.1 Å². The standard InChI is InChI=1S/C14H25N3/c1-10-6-12(9-16-8-10)13(17-15)7-11(2)14(3,4)5/h6,8-9,11,13,17H,7,15H2,1-5H3. The Labute approximate surface area is 105 Å². The molecule has 0 saturated carbocycles. The lowest BCUT2D eigenvalue weighted by Gasteiger charge is -2.30. The van der Waals surface area contributed by atoms with Crippen LogP contribution in [0.25, 0.3) is 0 Å². The quantitative estimate of drug-likeness (QED) is 0.623. The maximum Gasteiger partial charge on any atom is 0.0478 e. The van der Waals surface area contributed by atoms with Crippen LogP contribution in [0, 0.1) is 18.3 Å². The lowest BCUT2D eigenvalue weighted by Crippen LogP contribution is -2.32. The Morgan fingerprint density at radius 1 is 1.35 bits per heavy atom. The molecule has 96 valence electrons. The summed E-state index contributed by atoms with van der Waals surface area (Å²) in [5.74, 6) is 6.26. The SMILES string of the molecule is Cc1cncc(C(CC(C)C(C)(C)C)NN)c1. The summed E-state index contributed by atoms with van der Waals surface area (Å²) in [6, 6.07) is 2.32. The Bertz CT molecular complexity index is 355. The van der Waals surface area contributed by atoms with Crippen molar-refractivity contribution in [3.05, 3.63) is 29.6 Å². The molecule has 0 fully saturated rings. The monoisotopic (exact) mass is 235 g/mol. The minimum absolute atomic E-state index is 0.177. The molecule has 0 aliphatic heterocycles. The average Bonchev–Trinajstić information content (AvgIpc) is 2.24. The Morgan fingerprint density at radius 2 is 2.00 bits per heavy atom. The number of hydrazine groups is 1. The van der Waals surface area contributed by atoms with Gasteiger partial charge in [0, 0.05) is 18.4 Å². The largest absolute Gasteiger partial charge is 0.271 e. The van der Waals surface area contributed by atoms with Gasteiger partial charge in [-0.25, -0.2) is 0 Å². The molecule has 2 atom stereocenters. The number of rotatable bonds is 4. The summed E-state index contributed by atoms with van der Waals surface area (Å²) >= 11 is 0. The Kier molecular flexibility index (Phi) is 4.66. The fourth-order valence-electron chi connectivity index (χ4n) is 1.78. The van der Waals surface area contributed by atoms with E-state index in [9.17, 15) is 0 Å². The van der Waals surface area contributed by atoms with Crippen molar-refractivity contribution in [1.82, 2.24) is 10.4 Å². The van der Waals surface area contributed by atoms with Crippen molar-refractivity contribution < 1.29 is 0 Å². The van der Waals surface area contributed by atoms with Crippen LogP contribution in [0.15, 0.2) is 18.5 Å². The van der Waals surface area contributed by atoms with E-state index in [0.29, 0.717) is 11.3 Å². The number of aromatic nitrogens is 1. The molecule has 0 spiro atoms. The van der Waals surface area contributed by atoms with E-state index < -0.39 is 0 Å². The maximum absolute atomic E-state index is 5.67. The molecule has 0 aliphatic rings. The van der Waals surface area contributed by atoms with Crippen LogP contribution in [0.5, 0.6) is 0 Å². The van der Waals surface area contributed by atoms with Crippen LogP contribution in [-0.2, 0) is 0 Å². The van der Waals surface area contributed by atoms with E-state index in [4.69, 9.17) is 5.84 Å². The first-order valence-corrected chi connectivity index (χ1v) is 6.22. The van der Waals surface area contributed by atoms with E-state index in [1.165, 1.54) is 11.1 Å². The number of hydrogen-bond acceptors (Lipinski definition) is 3. The molecule has 0 radical (unpaired) electrons. The van der Waals surface area contributed by atoms with Crippen LogP contribution in [0.1, 0.15) is 51.3 Å². The second-order valence-electron chi connectivity index (χ2n) is 6.02. The molecule has 3 nitrogen and oxygen atoms in total. The van der Waals surface area contributed by atoms with Crippen molar-refractivity contribution in [1.29, 1.82) is 0 Å². The molecule has 0 amide bonds. The molecular weight excluding hydrogens is 210 g/mol. The van der Waals surface area contributed by atoms with Crippen LogP contribution in [0.4, 0.5) is 0 Å². The predicted octanol–water partition coefficient (Wildman–Crippen LogP) is 2.97. The van der Waals surface area contributed by atoms with E-state index in [1.54, 1.807) is 0 Å². The fourth-order valence-corrected chi connectivity index (χ4v) is 1.78. The van der Waals surface area contributed by atoms with Crippen LogP contribution < -0.4 is 11.3 Å². The molecule has 1 rings (SSSR count). The van der Waals surface area contributed by atoms with Crippen molar-refractivity contribution in [2.45, 2.75) is 47.1 Å². The van der Waals surface area contributed by atoms with Crippen molar-refractivity contribution >= 4 is 0 Å². The van der Waals surface area contributed by atoms with Gasteiger partial charge in [0.05, 0.1) is 0 Å². The Balaban J connectivity index is 2.79. The summed E-state index contributed by atoms with van der Waals surface area (Å²) in [7, 11) is 0. The second-order valence-corrected chi connectivity index (χ2v) is 6.02. The first kappa shape index (κ1) is 14.1. The highest BCUT2D eigenvalue weighted by Gasteiger charge is 2.24. The van der Waals surface area contributed by atoms with Crippen molar-refractivity contribution in [2.75, 3.05) is 0 Å². The number of nitrogens with zero attached hydrogens (tertiary/aromatic N) is 1. The van der Waals surface area contributed by atoms with E-state index in [0.717, 1.165) is 6.42 Å². The van der Waals surface area contributed by atoms with Gasteiger partial charge in [0.25, 0.3) is 0 Å². The van der Waals surface area contributed by atoms with E-state index >= 15 is 0 Å². The topological polar surface area (TPSA) is 50.9 Å². The maximum atomic E-state index is 5.67. The zero-order valence-corrected chi connectivity index (χ0v) is 11.6. The summed E-state index contributed by atoms with van der Waals surface area (Å²) < 4.78 is 0. The molecule has 0 saturated heterocycles. The third-order valence-electron chi connectivity index (χ3n) is 3.57. The molecule has 3 N–H and O–H groups in total. The molecule has 0 bridgehead atoms. The fraction of sp³-hybridized carbons (Fsp3) is 0.643. The van der Waals surface area contributed by atoms with Crippen molar-refractivity contribution in [3.8, 4) is 0 Å². The normalized spacial score (nSPS) is 15.6. The van der Waals surface area contributed by atoms with Crippen LogP contribution in [0.2, 0.25) is 0 Å². The van der Waals surface area contributed by atoms with Crippen molar-refractivity contribution in [2.24, 2.45) is 17.2 Å². The third kappa shape index (κ3) is 4.10. The second kappa shape index (κ2) is 5.61. The summed E-state index contributed by atoms with van der Waals surface area (Å²) in [5, 5.41) is 0. The van der Waals surface area contributed by atoms with E-state index in [-0.39, 0.29) is 6.04 Å². The Hall–Kier alpha value is -0.930. The van der Waals surface area contributed by atoms with Gasteiger partial charge in [-0.05, 0) is 35.8 Å². The van der Waals surface area contributed by atoms with Gasteiger partial charge >= 0.3 is 0 Å². The summed E-state index contributed by atoms with van der Waals surface area (Å²) in [5.41, 5.74) is 5.55. The van der Waals surface area contributed by atoms with Crippen LogP contribution in [-0.4, -0.2) is 4.98 Å². The number of aryl methyl sites for hydroxylation is 1. The molecule has 17 heavy (non-hydrogen) atoms. The van der Waals surface area contributed by atoms with Crippen molar-refractivity contribution in [3.63, 3.8) is 0 Å². The predicted molar refractivity (Wildman–Crippen MR) is 72.3 cm³/mol. The molecular formula is C14H25N3. The highest BCUT2D eigenvalue weighted by Crippen LogP contribution is 2.32. The zero-order valence-electron chi connectivity index (χ0n) is 11.6. The lowest BCUT2D eigenvalue weighted by molar-refractivity contribution is 0.223. The van der Waals surface area contributed by atoms with Gasteiger partial charge in [-0.3, -0.25) is 16.3 Å². The molecule has 1 aromatic heterocycles. The highest BCUT2D eigenvalue weighted by molar-refractivity contribution is 5.20. The van der Waals surface area contributed by atoms with Gasteiger partial charge in [0.2, 0.25) is 0 Å². The third-order valence-corrected chi connectivity index (χ3v) is 3.57. The summed E-state index contributed by atoms with van der Waals surface area (Å²) in [6.07, 6.45) is 4.78. The molecule has 1 aromatic rings. The number of nitrogens with one attached hydrogen (secondary N) is 1. The number of nitrogens with two attached hydrogens (primary N) is 1. The number of pyridine rings is 1. The van der Waals surface area contributed by atoms with Gasteiger partial charge in [0.15, 0.2) is 0 Å². The lowest BCUT2D eigenvalue weighted by atomic mass is 9.78. The molecule has 3 heteroatoms. The average molecular weight is 235 g/mol. The van der Waals surface area contributed by atoms with Gasteiger partial charge in [-0.15, -0.1) is 0 Å². The minimum atomic E-state index is 0.177. The Morgan fingerprint density at radius 3 is 2.47 bits per heavy atom. The first-order chi connectivity index (χ1) is 7.84. The van der Waals surface area contributed by atoms with Crippen LogP contribution >= 0.6 is 0 Å². The van der Waals surface area contributed by atoms with Gasteiger partial charge in [0.1, 0.15) is 0 Å².